The minimum absolute atomic E-state index is 0.208. The molecule has 0 saturated carbocycles. The normalized spacial score (nSPS) is 10.7. The smallest absolute Gasteiger partial charge is 0.226 e. The van der Waals surface area contributed by atoms with Crippen molar-refractivity contribution in [2.45, 2.75) is 6.54 Å². The van der Waals surface area contributed by atoms with Crippen molar-refractivity contribution in [3.05, 3.63) is 53.2 Å². The lowest BCUT2D eigenvalue weighted by Gasteiger charge is -2.07. The summed E-state index contributed by atoms with van der Waals surface area (Å²) in [5.41, 5.74) is 1.35. The Morgan fingerprint density at radius 3 is 2.75 bits per heavy atom. The number of halogens is 2. The molecule has 0 atom stereocenters. The van der Waals surface area contributed by atoms with Gasteiger partial charge in [-0.15, -0.1) is 0 Å². The monoisotopic (exact) mass is 289 g/mol. The van der Waals surface area contributed by atoms with Crippen LogP contribution in [-0.2, 0) is 6.54 Å². The molecule has 100 valence electrons. The number of hydrogen-bond donors (Lipinski definition) is 1. The third-order valence-electron chi connectivity index (χ3n) is 2.68. The first-order chi connectivity index (χ1) is 9.74. The second-order valence-corrected chi connectivity index (χ2v) is 4.37. The minimum Gasteiger partial charge on any atom is -0.350 e. The topological polar surface area (TPSA) is 63.6 Å². The summed E-state index contributed by atoms with van der Waals surface area (Å²) >= 11 is 6.01. The number of hydrogen-bond acceptors (Lipinski definition) is 5. The van der Waals surface area contributed by atoms with E-state index in [-0.39, 0.29) is 23.5 Å². The fourth-order valence-corrected chi connectivity index (χ4v) is 1.94. The highest BCUT2D eigenvalue weighted by atomic mass is 35.5. The van der Waals surface area contributed by atoms with E-state index in [9.17, 15) is 4.39 Å². The molecule has 3 rings (SSSR count). The molecule has 0 saturated heterocycles. The molecule has 0 aliphatic rings. The number of benzene rings is 1. The summed E-state index contributed by atoms with van der Waals surface area (Å²) in [4.78, 5) is 16.4. The Labute approximate surface area is 118 Å². The molecule has 3 aromatic rings. The largest absolute Gasteiger partial charge is 0.350 e. The molecule has 0 radical (unpaired) electrons. The number of anilines is 1. The van der Waals surface area contributed by atoms with Crippen LogP contribution in [0.25, 0.3) is 11.2 Å². The first-order valence-electron chi connectivity index (χ1n) is 5.85. The van der Waals surface area contributed by atoms with E-state index in [4.69, 9.17) is 11.6 Å². The van der Waals surface area contributed by atoms with E-state index >= 15 is 0 Å². The molecule has 1 N–H and O–H groups in total. The maximum atomic E-state index is 13.5. The summed E-state index contributed by atoms with van der Waals surface area (Å²) in [5.74, 6) is -0.00192. The number of nitrogens with zero attached hydrogens (tertiary/aromatic N) is 4. The second kappa shape index (κ2) is 5.34. The Morgan fingerprint density at radius 2 is 1.90 bits per heavy atom. The minimum atomic E-state index is -0.285. The molecule has 0 spiro atoms. The van der Waals surface area contributed by atoms with Crippen molar-refractivity contribution >= 4 is 28.7 Å². The van der Waals surface area contributed by atoms with Gasteiger partial charge < -0.3 is 5.32 Å². The van der Waals surface area contributed by atoms with Gasteiger partial charge in [0.2, 0.25) is 5.95 Å². The third kappa shape index (κ3) is 2.50. The lowest BCUT2D eigenvalue weighted by atomic mass is 10.2. The predicted molar refractivity (Wildman–Crippen MR) is 73.9 cm³/mol. The maximum Gasteiger partial charge on any atom is 0.226 e. The summed E-state index contributed by atoms with van der Waals surface area (Å²) in [7, 11) is 0. The molecule has 0 aliphatic carbocycles. The standard InChI is InChI=1S/C13H9ClFN5/c14-11-10-12(17-6-5-16-10)20-13(19-11)18-7-8-3-1-2-4-9(8)15/h1-6H,7H2,(H,17,18,19,20). The summed E-state index contributed by atoms with van der Waals surface area (Å²) in [6, 6.07) is 6.49. The first-order valence-corrected chi connectivity index (χ1v) is 6.23. The van der Waals surface area contributed by atoms with Crippen molar-refractivity contribution in [2.75, 3.05) is 5.32 Å². The van der Waals surface area contributed by atoms with Gasteiger partial charge in [-0.05, 0) is 6.07 Å². The molecule has 0 bridgehead atoms. The second-order valence-electron chi connectivity index (χ2n) is 4.01. The SMILES string of the molecule is Fc1ccccc1CNc1nc(Cl)c2nccnc2n1. The van der Waals surface area contributed by atoms with E-state index in [2.05, 4.69) is 25.3 Å². The Balaban J connectivity index is 1.86. The highest BCUT2D eigenvalue weighted by Gasteiger charge is 2.08. The fraction of sp³-hybridized carbons (Fsp3) is 0.0769. The van der Waals surface area contributed by atoms with E-state index < -0.39 is 0 Å². The van der Waals surface area contributed by atoms with Gasteiger partial charge in [-0.2, -0.15) is 9.97 Å². The van der Waals surface area contributed by atoms with E-state index in [0.29, 0.717) is 16.7 Å². The van der Waals surface area contributed by atoms with E-state index in [0.717, 1.165) is 0 Å². The van der Waals surface area contributed by atoms with Gasteiger partial charge in [-0.3, -0.25) is 0 Å². The van der Waals surface area contributed by atoms with Crippen LogP contribution < -0.4 is 5.32 Å². The lowest BCUT2D eigenvalue weighted by molar-refractivity contribution is 0.612. The van der Waals surface area contributed by atoms with Crippen LogP contribution in [0.2, 0.25) is 5.15 Å². The molecule has 2 aromatic heterocycles. The van der Waals surface area contributed by atoms with Crippen LogP contribution in [0.5, 0.6) is 0 Å². The zero-order valence-corrected chi connectivity index (χ0v) is 11.0. The number of rotatable bonds is 3. The number of nitrogens with one attached hydrogen (secondary N) is 1. The molecular weight excluding hydrogens is 281 g/mol. The zero-order chi connectivity index (χ0) is 13.9. The van der Waals surface area contributed by atoms with Crippen LogP contribution >= 0.6 is 11.6 Å². The molecule has 1 aromatic carbocycles. The molecule has 5 nitrogen and oxygen atoms in total. The van der Waals surface area contributed by atoms with Gasteiger partial charge in [0, 0.05) is 24.5 Å². The molecular formula is C13H9ClFN5. The van der Waals surface area contributed by atoms with Crippen LogP contribution in [0, 0.1) is 5.82 Å². The van der Waals surface area contributed by atoms with Crippen LogP contribution in [-0.4, -0.2) is 19.9 Å². The van der Waals surface area contributed by atoms with Crippen molar-refractivity contribution in [1.29, 1.82) is 0 Å². The highest BCUT2D eigenvalue weighted by Crippen LogP contribution is 2.18. The van der Waals surface area contributed by atoms with Gasteiger partial charge >= 0.3 is 0 Å². The summed E-state index contributed by atoms with van der Waals surface area (Å²) in [5, 5.41) is 3.13. The van der Waals surface area contributed by atoms with Crippen LogP contribution in [0.3, 0.4) is 0 Å². The maximum absolute atomic E-state index is 13.5. The lowest BCUT2D eigenvalue weighted by Crippen LogP contribution is -2.06. The molecule has 0 fully saturated rings. The van der Waals surface area contributed by atoms with Gasteiger partial charge in [0.05, 0.1) is 0 Å². The molecule has 0 amide bonds. The Morgan fingerprint density at radius 1 is 1.10 bits per heavy atom. The molecule has 2 heterocycles. The number of aromatic nitrogens is 4. The van der Waals surface area contributed by atoms with Crippen LogP contribution in [0.15, 0.2) is 36.7 Å². The van der Waals surface area contributed by atoms with Gasteiger partial charge in [0.25, 0.3) is 0 Å². The van der Waals surface area contributed by atoms with Crippen LogP contribution in [0.1, 0.15) is 5.56 Å². The first kappa shape index (κ1) is 12.7. The summed E-state index contributed by atoms with van der Waals surface area (Å²) in [6.07, 6.45) is 3.04. The predicted octanol–water partition coefficient (Wildman–Crippen LogP) is 2.82. The summed E-state index contributed by atoms with van der Waals surface area (Å²) < 4.78 is 13.5. The average molecular weight is 290 g/mol. The quantitative estimate of drug-likeness (QED) is 0.751. The molecule has 0 aliphatic heterocycles. The average Bonchev–Trinajstić information content (AvgIpc) is 2.46. The molecule has 20 heavy (non-hydrogen) atoms. The Kier molecular flexibility index (Phi) is 3.39. The van der Waals surface area contributed by atoms with Crippen LogP contribution in [0.4, 0.5) is 10.3 Å². The number of fused-ring (bicyclic) bond motifs is 1. The van der Waals surface area contributed by atoms with Crippen molar-refractivity contribution in [2.24, 2.45) is 0 Å². The highest BCUT2D eigenvalue weighted by molar-refractivity contribution is 6.33. The van der Waals surface area contributed by atoms with E-state index in [1.165, 1.54) is 18.5 Å². The van der Waals surface area contributed by atoms with Crippen molar-refractivity contribution in [3.8, 4) is 0 Å². The van der Waals surface area contributed by atoms with E-state index in [1.807, 2.05) is 0 Å². The van der Waals surface area contributed by atoms with Crippen molar-refractivity contribution in [3.63, 3.8) is 0 Å². The molecule has 0 unspecified atom stereocenters. The Bertz CT molecular complexity index is 765. The zero-order valence-electron chi connectivity index (χ0n) is 10.2. The van der Waals surface area contributed by atoms with Gasteiger partial charge in [-0.25, -0.2) is 14.4 Å². The van der Waals surface area contributed by atoms with Gasteiger partial charge in [-0.1, -0.05) is 29.8 Å². The van der Waals surface area contributed by atoms with Crippen molar-refractivity contribution in [1.82, 2.24) is 19.9 Å². The third-order valence-corrected chi connectivity index (χ3v) is 2.95. The van der Waals surface area contributed by atoms with E-state index in [1.54, 1.807) is 18.2 Å². The fourth-order valence-electron chi connectivity index (χ4n) is 1.72. The molecule has 7 heteroatoms. The van der Waals surface area contributed by atoms with Gasteiger partial charge in [0.15, 0.2) is 10.8 Å². The van der Waals surface area contributed by atoms with Crippen molar-refractivity contribution < 1.29 is 4.39 Å². The summed E-state index contributed by atoms with van der Waals surface area (Å²) in [6.45, 7) is 0.259. The van der Waals surface area contributed by atoms with Gasteiger partial charge in [0.1, 0.15) is 11.3 Å². The Hall–Kier alpha value is -2.34.